The molecule has 2 aliphatic carbocycles. The Morgan fingerprint density at radius 3 is 1.32 bits per heavy atom. The summed E-state index contributed by atoms with van der Waals surface area (Å²) < 4.78 is 50.8. The highest BCUT2D eigenvalue weighted by atomic mass is 35.5. The van der Waals surface area contributed by atoms with Crippen molar-refractivity contribution in [1.29, 1.82) is 0 Å². The Kier molecular flexibility index (Phi) is 27.6. The molecule has 0 aliphatic heterocycles. The average molecular weight is 1630 g/mol. The normalized spacial score (nSPS) is 13.8. The van der Waals surface area contributed by atoms with Gasteiger partial charge in [-0.2, -0.15) is 10.2 Å². The zero-order valence-electron chi connectivity index (χ0n) is 67.9. The maximum absolute atomic E-state index is 14.8. The van der Waals surface area contributed by atoms with E-state index in [9.17, 15) is 34.5 Å². The van der Waals surface area contributed by atoms with Gasteiger partial charge in [-0.3, -0.25) is 33.7 Å². The maximum Gasteiger partial charge on any atom is 0.330 e. The SMILES string of the molecule is COC(=O)/C=C/c1cc(F)cc(N(Cc2ccc(-c3ccc4c(cnn4C)c3)cc2Cl)C(=O)C2CCCCC2)c1.[2H]C(c1ccc(-c2ccc(N(C)C)cc2)cc1Cl)N(C(=O)c1ccccc1)c1cncc(/C=C/C(=O)OC)c1.[2H]C(c1ccc(-c2ccc3c(cnn3C)c2)cc1Cl)N(C(=O)C1CCCCC1)c1cncc(/C=C/C(=O)OC)c1. The van der Waals surface area contributed by atoms with Gasteiger partial charge >= 0.3 is 17.9 Å². The molecule has 8 aromatic carbocycles. The van der Waals surface area contributed by atoms with Gasteiger partial charge in [-0.05, 0) is 208 Å². The number of pyridine rings is 2. The van der Waals surface area contributed by atoms with E-state index in [1.807, 2.05) is 158 Å². The van der Waals surface area contributed by atoms with Crippen molar-refractivity contribution in [2.75, 3.05) is 55.0 Å². The Bertz CT molecular complexity index is 5770. The topological polar surface area (TPSA) is 204 Å². The lowest BCUT2D eigenvalue weighted by Crippen LogP contribution is -2.37. The molecule has 2 unspecified atom stereocenters. The van der Waals surface area contributed by atoms with Gasteiger partial charge in [0.05, 0.1) is 90.9 Å². The fourth-order valence-electron chi connectivity index (χ4n) is 14.1. The quantitative estimate of drug-likeness (QED) is 0.0352. The van der Waals surface area contributed by atoms with Crippen LogP contribution in [0.2, 0.25) is 15.1 Å². The molecule has 0 N–H and O–H groups in total. The smallest absolute Gasteiger partial charge is 0.330 e. The lowest BCUT2D eigenvalue weighted by molar-refractivity contribution is -0.135. The number of esters is 3. The Morgan fingerprint density at radius 1 is 0.444 bits per heavy atom. The Morgan fingerprint density at radius 2 is 0.855 bits per heavy atom. The lowest BCUT2D eigenvalue weighted by atomic mass is 9.88. The van der Waals surface area contributed by atoms with Gasteiger partial charge in [-0.25, -0.2) is 18.8 Å². The number of amides is 3. The van der Waals surface area contributed by atoms with E-state index in [1.165, 1.54) is 79.8 Å². The number of aromatic nitrogens is 6. The van der Waals surface area contributed by atoms with Crippen LogP contribution in [0.3, 0.4) is 0 Å². The fraction of sp³-hybridized carbons (Fsp3) is 0.234. The number of benzene rings is 8. The largest absolute Gasteiger partial charge is 0.466 e. The molecule has 0 saturated heterocycles. The van der Waals surface area contributed by atoms with Gasteiger partial charge < -0.3 is 33.8 Å². The highest BCUT2D eigenvalue weighted by Crippen LogP contribution is 2.38. The molecule has 2 atom stereocenters. The number of aryl methyl sites for hydroxylation is 2. The van der Waals surface area contributed by atoms with Crippen LogP contribution < -0.4 is 19.6 Å². The summed E-state index contributed by atoms with van der Waals surface area (Å²) in [6, 6.07) is 53.7. The van der Waals surface area contributed by atoms with Gasteiger partial charge in [-0.1, -0.05) is 152 Å². The standard InChI is InChI=1S/C32H31ClFN3O3.C31H31ClN4O3.C31H28ClN3O3/c1-36-30-12-11-23(16-26(30)19-35-36)24-9-10-25(29(33)17-24)20-37(32(39)22-6-4-3-5-7-22)28-15-21(14-27(34)18-28)8-13-31(38)40-2;1-35-29-12-11-23(15-26(29)18-34-35)24-9-10-25(28(32)16-24)20-36(31(38)22-6-4-3-5-7-22)27-14-21(17-33-19-27)8-13-30(37)39-2;1-34(2)27-14-12-23(13-15-27)25-10-11-26(29(32)18-25)21-35(31(37)24-7-5-4-6-8-24)28-17-22(19-33-20-28)9-16-30(36)38-3/h8-19,22H,3-7,20H2,1-2H3;8-19,22H,3-7,20H2,1-2H3;4-20H,21H2,1-3H3/b2*13-8+;16-9+/i;20D;21D. The van der Waals surface area contributed by atoms with Gasteiger partial charge in [0.15, 0.2) is 0 Å². The van der Waals surface area contributed by atoms with Crippen LogP contribution in [0, 0.1) is 17.7 Å². The van der Waals surface area contributed by atoms with Crippen LogP contribution in [0.25, 0.3) is 73.4 Å². The molecule has 14 rings (SSSR count). The van der Waals surface area contributed by atoms with Crippen molar-refractivity contribution >= 4 is 133 Å². The van der Waals surface area contributed by atoms with E-state index in [4.69, 9.17) is 36.2 Å². The monoisotopic (exact) mass is 1630 g/mol. The minimum absolute atomic E-state index is 0.0460. The average Bonchev–Trinajstić information content (AvgIpc) is 1.77. The molecule has 2 aliphatic rings. The zero-order valence-corrected chi connectivity index (χ0v) is 68.2. The molecule has 2 saturated carbocycles. The van der Waals surface area contributed by atoms with Crippen LogP contribution in [0.1, 0.15) is 111 Å². The number of carbonyl (C=O) groups is 6. The third-order valence-electron chi connectivity index (χ3n) is 20.5. The summed E-state index contributed by atoms with van der Waals surface area (Å²) >= 11 is 20.3. The summed E-state index contributed by atoms with van der Waals surface area (Å²) in [6.45, 7) is -2.06. The number of carbonyl (C=O) groups excluding carboxylic acids is 6. The van der Waals surface area contributed by atoms with E-state index in [1.54, 1.807) is 78.1 Å². The Hall–Kier alpha value is -12.4. The first-order valence-electron chi connectivity index (χ1n) is 39.5. The van der Waals surface area contributed by atoms with Crippen molar-refractivity contribution in [2.45, 2.75) is 83.8 Å². The van der Waals surface area contributed by atoms with Crippen molar-refractivity contribution in [1.82, 2.24) is 29.5 Å². The zero-order chi connectivity index (χ0) is 84.4. The number of methoxy groups -OCH3 is 3. The first kappa shape index (κ1) is 81.2. The molecule has 117 heavy (non-hydrogen) atoms. The first-order valence-corrected chi connectivity index (χ1v) is 39.4. The fourth-order valence-corrected chi connectivity index (χ4v) is 14.8. The van der Waals surface area contributed by atoms with Gasteiger partial charge in [-0.15, -0.1) is 0 Å². The summed E-state index contributed by atoms with van der Waals surface area (Å²) in [5, 5.41) is 12.0. The predicted octanol–water partition coefficient (Wildman–Crippen LogP) is 20.4. The molecule has 3 amide bonds. The second kappa shape index (κ2) is 39.8. The van der Waals surface area contributed by atoms with Crippen LogP contribution >= 0.6 is 34.8 Å². The van der Waals surface area contributed by atoms with Gasteiger partial charge in [0.25, 0.3) is 5.91 Å². The third-order valence-corrected chi connectivity index (χ3v) is 21.6. The van der Waals surface area contributed by atoms with Gasteiger partial charge in [0, 0.05) is 113 Å². The molecule has 0 bridgehead atoms. The molecule has 4 aromatic heterocycles. The molecule has 2 fully saturated rings. The Labute approximate surface area is 698 Å². The molecule has 12 aromatic rings. The first-order chi connectivity index (χ1) is 57.4. The van der Waals surface area contributed by atoms with Crippen molar-refractivity contribution in [3.05, 3.63) is 291 Å². The van der Waals surface area contributed by atoms with E-state index in [0.717, 1.165) is 131 Å². The van der Waals surface area contributed by atoms with E-state index in [-0.39, 0.29) is 36.1 Å². The molecule has 0 spiro atoms. The molecule has 23 heteroatoms. The van der Waals surface area contributed by atoms with E-state index in [2.05, 4.69) is 46.5 Å². The highest BCUT2D eigenvalue weighted by molar-refractivity contribution is 6.32. The molecular weight excluding hydrogens is 1540 g/mol. The van der Waals surface area contributed by atoms with Crippen LogP contribution in [-0.4, -0.2) is 101 Å². The van der Waals surface area contributed by atoms with Crippen molar-refractivity contribution in [3.8, 4) is 33.4 Å². The van der Waals surface area contributed by atoms with Crippen LogP contribution in [0.5, 0.6) is 0 Å². The number of fused-ring (bicyclic) bond motifs is 2. The lowest BCUT2D eigenvalue weighted by Gasteiger charge is -2.30. The van der Waals surface area contributed by atoms with E-state index in [0.29, 0.717) is 65.5 Å². The number of nitrogens with zero attached hydrogens (tertiary/aromatic N) is 10. The minimum Gasteiger partial charge on any atom is -0.466 e. The summed E-state index contributed by atoms with van der Waals surface area (Å²) in [4.78, 5) is 91.2. The summed E-state index contributed by atoms with van der Waals surface area (Å²) in [5.41, 5.74) is 14.0. The highest BCUT2D eigenvalue weighted by Gasteiger charge is 2.31. The number of rotatable bonds is 22. The number of hydrogen-bond donors (Lipinski definition) is 0. The maximum atomic E-state index is 14.8. The van der Waals surface area contributed by atoms with Crippen molar-refractivity contribution in [2.24, 2.45) is 25.9 Å². The molecule has 4 heterocycles. The Balaban J connectivity index is 0.000000164. The molecule has 0 radical (unpaired) electrons. The number of halogens is 4. The predicted molar refractivity (Wildman–Crippen MR) is 464 cm³/mol. The number of ether oxygens (including phenoxy) is 3. The number of anilines is 4. The molecule has 19 nitrogen and oxygen atoms in total. The van der Waals surface area contributed by atoms with Crippen LogP contribution in [0.15, 0.2) is 231 Å². The second-order valence-electron chi connectivity index (χ2n) is 28.7. The van der Waals surface area contributed by atoms with E-state index >= 15 is 0 Å². The van der Waals surface area contributed by atoms with Crippen molar-refractivity contribution in [3.63, 3.8) is 0 Å². The van der Waals surface area contributed by atoms with Crippen molar-refractivity contribution < 1.29 is 50.1 Å². The van der Waals surface area contributed by atoms with E-state index < -0.39 is 36.8 Å². The van der Waals surface area contributed by atoms with Gasteiger partial charge in [0.1, 0.15) is 5.82 Å². The summed E-state index contributed by atoms with van der Waals surface area (Å²) in [5.74, 6) is -2.90. The minimum atomic E-state index is -1.17. The molecule has 598 valence electrons. The van der Waals surface area contributed by atoms with Gasteiger partial charge in [0.2, 0.25) is 11.8 Å². The van der Waals surface area contributed by atoms with Crippen LogP contribution in [-0.2, 0) is 71.9 Å². The summed E-state index contributed by atoms with van der Waals surface area (Å²) in [6.07, 6.45) is 27.7. The third kappa shape index (κ3) is 21.8. The summed E-state index contributed by atoms with van der Waals surface area (Å²) in [7, 11) is 11.7. The van der Waals surface area contributed by atoms with Crippen LogP contribution in [0.4, 0.5) is 27.1 Å². The molecular formula is C94H90Cl3FN10O9. The second-order valence-corrected chi connectivity index (χ2v) is 29.9. The number of hydrogen-bond acceptors (Lipinski definition) is 14.